The molecule has 0 aromatic heterocycles. The maximum absolute atomic E-state index is 13.3. The molecule has 0 bridgehead atoms. The molecule has 0 saturated heterocycles. The zero-order valence-electron chi connectivity index (χ0n) is 9.19. The molecular formula is C12H17F2N. The van der Waals surface area contributed by atoms with Crippen molar-refractivity contribution in [3.8, 4) is 0 Å². The summed E-state index contributed by atoms with van der Waals surface area (Å²) < 4.78 is 25.9. The number of benzene rings is 1. The molecule has 0 aliphatic carbocycles. The first-order valence-electron chi connectivity index (χ1n) is 5.22. The van der Waals surface area contributed by atoms with Gasteiger partial charge in [-0.1, -0.05) is 13.0 Å². The number of rotatable bonds is 5. The van der Waals surface area contributed by atoms with E-state index in [9.17, 15) is 8.78 Å². The van der Waals surface area contributed by atoms with E-state index in [4.69, 9.17) is 0 Å². The van der Waals surface area contributed by atoms with Crippen molar-refractivity contribution in [3.05, 3.63) is 35.4 Å². The van der Waals surface area contributed by atoms with Crippen molar-refractivity contribution >= 4 is 0 Å². The van der Waals surface area contributed by atoms with E-state index in [1.165, 1.54) is 12.1 Å². The molecule has 0 saturated carbocycles. The van der Waals surface area contributed by atoms with Crippen LogP contribution in [0, 0.1) is 17.6 Å². The smallest absolute Gasteiger partial charge is 0.129 e. The molecule has 1 atom stereocenters. The van der Waals surface area contributed by atoms with Crippen molar-refractivity contribution < 1.29 is 8.78 Å². The molecule has 84 valence electrons. The summed E-state index contributed by atoms with van der Waals surface area (Å²) in [5, 5.41) is 3.05. The molecule has 1 nitrogen and oxygen atoms in total. The Bertz CT molecular complexity index is 312. The Morgan fingerprint density at radius 1 is 1.33 bits per heavy atom. The minimum atomic E-state index is -0.515. The van der Waals surface area contributed by atoms with E-state index in [0.717, 1.165) is 19.0 Å². The first kappa shape index (κ1) is 12.1. The third-order valence-corrected chi connectivity index (χ3v) is 2.47. The van der Waals surface area contributed by atoms with Gasteiger partial charge >= 0.3 is 0 Å². The Kier molecular flexibility index (Phi) is 4.69. The highest BCUT2D eigenvalue weighted by molar-refractivity contribution is 5.18. The van der Waals surface area contributed by atoms with Crippen LogP contribution in [0.4, 0.5) is 8.78 Å². The highest BCUT2D eigenvalue weighted by Gasteiger charge is 2.08. The molecule has 0 amide bonds. The maximum Gasteiger partial charge on any atom is 0.129 e. The Balaban J connectivity index is 2.56. The van der Waals surface area contributed by atoms with Gasteiger partial charge in [0.05, 0.1) is 0 Å². The molecule has 0 radical (unpaired) electrons. The van der Waals surface area contributed by atoms with Gasteiger partial charge in [-0.05, 0) is 44.0 Å². The first-order chi connectivity index (χ1) is 7.13. The van der Waals surface area contributed by atoms with E-state index in [1.54, 1.807) is 0 Å². The van der Waals surface area contributed by atoms with Crippen LogP contribution < -0.4 is 5.32 Å². The molecule has 0 aliphatic heterocycles. The van der Waals surface area contributed by atoms with Crippen LogP contribution in [0.5, 0.6) is 0 Å². The van der Waals surface area contributed by atoms with Crippen molar-refractivity contribution in [2.24, 2.45) is 5.92 Å². The third kappa shape index (κ3) is 3.96. The fourth-order valence-electron chi connectivity index (χ4n) is 1.56. The lowest BCUT2D eigenvalue weighted by Crippen LogP contribution is -2.13. The Morgan fingerprint density at radius 3 is 2.67 bits per heavy atom. The second kappa shape index (κ2) is 5.81. The number of hydrogen-bond acceptors (Lipinski definition) is 1. The van der Waals surface area contributed by atoms with Crippen LogP contribution in [0.1, 0.15) is 18.9 Å². The van der Waals surface area contributed by atoms with Gasteiger partial charge in [0.2, 0.25) is 0 Å². The van der Waals surface area contributed by atoms with Gasteiger partial charge in [-0.2, -0.15) is 0 Å². The zero-order chi connectivity index (χ0) is 11.3. The third-order valence-electron chi connectivity index (χ3n) is 2.47. The van der Waals surface area contributed by atoms with Crippen LogP contribution >= 0.6 is 0 Å². The highest BCUT2D eigenvalue weighted by Crippen LogP contribution is 2.15. The van der Waals surface area contributed by atoms with Gasteiger partial charge in [-0.15, -0.1) is 0 Å². The quantitative estimate of drug-likeness (QED) is 0.793. The number of halogens is 2. The average molecular weight is 213 g/mol. The van der Waals surface area contributed by atoms with Crippen LogP contribution in [-0.4, -0.2) is 13.6 Å². The van der Waals surface area contributed by atoms with Crippen molar-refractivity contribution in [1.29, 1.82) is 0 Å². The standard InChI is InChI=1S/C12H17F2N/c1-9(5-6-15-2)7-10-3-4-11(13)8-12(10)14/h3-4,8-9,15H,5-7H2,1-2H3. The van der Waals surface area contributed by atoms with Crippen molar-refractivity contribution in [2.75, 3.05) is 13.6 Å². The van der Waals surface area contributed by atoms with Crippen LogP contribution in [-0.2, 0) is 6.42 Å². The monoisotopic (exact) mass is 213 g/mol. The van der Waals surface area contributed by atoms with Crippen molar-refractivity contribution in [1.82, 2.24) is 5.32 Å². The summed E-state index contributed by atoms with van der Waals surface area (Å²) in [5.74, 6) is -0.553. The predicted molar refractivity (Wildman–Crippen MR) is 57.8 cm³/mol. The summed E-state index contributed by atoms with van der Waals surface area (Å²) in [6, 6.07) is 3.78. The second-order valence-electron chi connectivity index (χ2n) is 3.94. The fraction of sp³-hybridized carbons (Fsp3) is 0.500. The summed E-state index contributed by atoms with van der Waals surface area (Å²) >= 11 is 0. The van der Waals surface area contributed by atoms with E-state index < -0.39 is 11.6 Å². The van der Waals surface area contributed by atoms with E-state index in [-0.39, 0.29) is 0 Å². The van der Waals surface area contributed by atoms with Gasteiger partial charge < -0.3 is 5.32 Å². The summed E-state index contributed by atoms with van der Waals surface area (Å²) in [6.07, 6.45) is 1.65. The summed E-state index contributed by atoms with van der Waals surface area (Å²) in [6.45, 7) is 2.99. The topological polar surface area (TPSA) is 12.0 Å². The first-order valence-corrected chi connectivity index (χ1v) is 5.22. The summed E-state index contributed by atoms with van der Waals surface area (Å²) in [4.78, 5) is 0. The lowest BCUT2D eigenvalue weighted by atomic mass is 9.98. The molecule has 0 aliphatic rings. The Hall–Kier alpha value is -0.960. The SMILES string of the molecule is CNCCC(C)Cc1ccc(F)cc1F. The summed E-state index contributed by atoms with van der Waals surface area (Å²) in [5.41, 5.74) is 0.597. The molecular weight excluding hydrogens is 196 g/mol. The highest BCUT2D eigenvalue weighted by atomic mass is 19.1. The van der Waals surface area contributed by atoms with Crippen molar-refractivity contribution in [3.63, 3.8) is 0 Å². The molecule has 1 N–H and O–H groups in total. The lowest BCUT2D eigenvalue weighted by Gasteiger charge is -2.11. The average Bonchev–Trinajstić information content (AvgIpc) is 2.19. The molecule has 1 aromatic rings. The fourth-order valence-corrected chi connectivity index (χ4v) is 1.56. The van der Waals surface area contributed by atoms with Gasteiger partial charge in [0.25, 0.3) is 0 Å². The number of nitrogens with one attached hydrogen (secondary N) is 1. The zero-order valence-corrected chi connectivity index (χ0v) is 9.19. The van der Waals surface area contributed by atoms with Crippen LogP contribution in [0.3, 0.4) is 0 Å². The van der Waals surface area contributed by atoms with Crippen molar-refractivity contribution in [2.45, 2.75) is 19.8 Å². The molecule has 15 heavy (non-hydrogen) atoms. The van der Waals surface area contributed by atoms with E-state index in [2.05, 4.69) is 12.2 Å². The van der Waals surface area contributed by atoms with Crippen LogP contribution in [0.15, 0.2) is 18.2 Å². The molecule has 1 unspecified atom stereocenters. The van der Waals surface area contributed by atoms with Gasteiger partial charge in [0.15, 0.2) is 0 Å². The van der Waals surface area contributed by atoms with Crippen LogP contribution in [0.25, 0.3) is 0 Å². The molecule has 1 aromatic carbocycles. The summed E-state index contributed by atoms with van der Waals surface area (Å²) in [7, 11) is 1.89. The Labute approximate surface area is 89.5 Å². The normalized spacial score (nSPS) is 12.8. The molecule has 3 heteroatoms. The van der Waals surface area contributed by atoms with E-state index in [1.807, 2.05) is 7.05 Å². The van der Waals surface area contributed by atoms with Gasteiger partial charge in [0.1, 0.15) is 11.6 Å². The Morgan fingerprint density at radius 2 is 2.07 bits per heavy atom. The van der Waals surface area contributed by atoms with E-state index >= 15 is 0 Å². The minimum Gasteiger partial charge on any atom is -0.320 e. The molecule has 0 spiro atoms. The maximum atomic E-state index is 13.3. The van der Waals surface area contributed by atoms with Gasteiger partial charge in [-0.25, -0.2) is 8.78 Å². The lowest BCUT2D eigenvalue weighted by molar-refractivity contribution is 0.495. The van der Waals surface area contributed by atoms with Gasteiger partial charge in [0, 0.05) is 6.07 Å². The van der Waals surface area contributed by atoms with Gasteiger partial charge in [-0.3, -0.25) is 0 Å². The molecule has 1 rings (SSSR count). The van der Waals surface area contributed by atoms with E-state index in [0.29, 0.717) is 17.9 Å². The molecule has 0 heterocycles. The number of hydrogen-bond donors (Lipinski definition) is 1. The predicted octanol–water partition coefficient (Wildman–Crippen LogP) is 2.75. The minimum absolute atomic E-state index is 0.400. The largest absolute Gasteiger partial charge is 0.320 e. The molecule has 0 fully saturated rings. The second-order valence-corrected chi connectivity index (χ2v) is 3.94. The van der Waals surface area contributed by atoms with Crippen LogP contribution in [0.2, 0.25) is 0 Å².